The Labute approximate surface area is 80.5 Å². The van der Waals surface area contributed by atoms with Crippen LogP contribution in [0.15, 0.2) is 12.3 Å². The predicted octanol–water partition coefficient (Wildman–Crippen LogP) is 0.331. The molecule has 13 heavy (non-hydrogen) atoms. The van der Waals surface area contributed by atoms with Crippen molar-refractivity contribution in [2.24, 2.45) is 0 Å². The molecule has 2 atom stereocenters. The smallest absolute Gasteiger partial charge is 0.329 e. The highest BCUT2D eigenvalue weighted by atomic mass is 32.2. The zero-order chi connectivity index (χ0) is 10.3. The molecular formula is C8H15NO3S. The highest BCUT2D eigenvalue weighted by Gasteiger charge is 2.03. The van der Waals surface area contributed by atoms with E-state index in [1.165, 1.54) is 6.20 Å². The molecule has 0 aromatic carbocycles. The molecular weight excluding hydrogens is 190 g/mol. The third kappa shape index (κ3) is 7.52. The van der Waals surface area contributed by atoms with Gasteiger partial charge in [0.2, 0.25) is 0 Å². The second-order valence-electron chi connectivity index (χ2n) is 2.72. The van der Waals surface area contributed by atoms with Gasteiger partial charge in [-0.3, -0.25) is 4.21 Å². The summed E-state index contributed by atoms with van der Waals surface area (Å²) >= 11 is 0. The van der Waals surface area contributed by atoms with Crippen molar-refractivity contribution in [1.82, 2.24) is 5.32 Å². The van der Waals surface area contributed by atoms with Crippen LogP contribution in [0, 0.1) is 0 Å². The van der Waals surface area contributed by atoms with Crippen molar-refractivity contribution in [2.45, 2.75) is 18.6 Å². The summed E-state index contributed by atoms with van der Waals surface area (Å²) in [6.07, 6.45) is 4.85. The third-order valence-electron chi connectivity index (χ3n) is 1.61. The lowest BCUT2D eigenvalue weighted by atomic mass is 10.3. The van der Waals surface area contributed by atoms with Gasteiger partial charge in [0.1, 0.15) is 0 Å². The topological polar surface area (TPSA) is 66.4 Å². The van der Waals surface area contributed by atoms with Gasteiger partial charge in [-0.1, -0.05) is 6.92 Å². The molecule has 0 aliphatic carbocycles. The van der Waals surface area contributed by atoms with Crippen LogP contribution in [-0.2, 0) is 15.6 Å². The van der Waals surface area contributed by atoms with Crippen LogP contribution in [0.3, 0.4) is 0 Å². The van der Waals surface area contributed by atoms with Gasteiger partial charge >= 0.3 is 5.97 Å². The molecule has 0 rings (SSSR count). The third-order valence-corrected chi connectivity index (χ3v) is 2.97. The van der Waals surface area contributed by atoms with E-state index in [9.17, 15) is 9.00 Å². The molecule has 0 amide bonds. The SMILES string of the molecule is CC(CCN/C=C/C(=O)O)S(C)=O. The van der Waals surface area contributed by atoms with Crippen molar-refractivity contribution in [3.8, 4) is 0 Å². The number of hydrogen-bond acceptors (Lipinski definition) is 3. The number of rotatable bonds is 6. The highest BCUT2D eigenvalue weighted by Crippen LogP contribution is 1.96. The molecule has 0 aliphatic rings. The zero-order valence-electron chi connectivity index (χ0n) is 7.82. The minimum Gasteiger partial charge on any atom is -0.478 e. The minimum absolute atomic E-state index is 0.144. The van der Waals surface area contributed by atoms with Crippen LogP contribution in [0.5, 0.6) is 0 Å². The van der Waals surface area contributed by atoms with E-state index in [0.717, 1.165) is 12.5 Å². The Bertz CT molecular complexity index is 215. The predicted molar refractivity (Wildman–Crippen MR) is 52.9 cm³/mol. The fraction of sp³-hybridized carbons (Fsp3) is 0.625. The number of hydrogen-bond donors (Lipinski definition) is 2. The summed E-state index contributed by atoms with van der Waals surface area (Å²) in [5, 5.41) is 11.2. The van der Waals surface area contributed by atoms with Crippen LogP contribution < -0.4 is 5.32 Å². The molecule has 2 N–H and O–H groups in total. The van der Waals surface area contributed by atoms with Crippen molar-refractivity contribution in [2.75, 3.05) is 12.8 Å². The lowest BCUT2D eigenvalue weighted by molar-refractivity contribution is -0.131. The van der Waals surface area contributed by atoms with E-state index >= 15 is 0 Å². The van der Waals surface area contributed by atoms with Crippen molar-refractivity contribution in [3.05, 3.63) is 12.3 Å². The zero-order valence-corrected chi connectivity index (χ0v) is 8.63. The van der Waals surface area contributed by atoms with Crippen LogP contribution in [0.2, 0.25) is 0 Å². The van der Waals surface area contributed by atoms with Crippen molar-refractivity contribution in [3.63, 3.8) is 0 Å². The van der Waals surface area contributed by atoms with E-state index in [1.807, 2.05) is 6.92 Å². The molecule has 4 nitrogen and oxygen atoms in total. The summed E-state index contributed by atoms with van der Waals surface area (Å²) in [6.45, 7) is 2.54. The first-order valence-corrected chi connectivity index (χ1v) is 5.61. The normalized spacial score (nSPS) is 15.5. The minimum atomic E-state index is -0.973. The maximum Gasteiger partial charge on any atom is 0.329 e. The summed E-state index contributed by atoms with van der Waals surface area (Å²) in [5.74, 6) is -0.973. The molecule has 2 unspecified atom stereocenters. The Morgan fingerprint density at radius 1 is 1.69 bits per heavy atom. The first kappa shape index (κ1) is 12.2. The van der Waals surface area contributed by atoms with Gasteiger partial charge in [-0.25, -0.2) is 4.79 Å². The van der Waals surface area contributed by atoms with Crippen molar-refractivity contribution >= 4 is 16.8 Å². The summed E-state index contributed by atoms with van der Waals surface area (Å²) in [6, 6.07) is 0. The standard InChI is InChI=1S/C8H15NO3S/c1-7(13(2)12)3-5-9-6-4-8(10)11/h4,6-7,9H,3,5H2,1-2H3,(H,10,11)/b6-4+. The molecule has 0 spiro atoms. The van der Waals surface area contributed by atoms with E-state index in [-0.39, 0.29) is 5.25 Å². The Balaban J connectivity index is 3.46. The lowest BCUT2D eigenvalue weighted by Crippen LogP contribution is -2.17. The van der Waals surface area contributed by atoms with Gasteiger partial charge in [0.05, 0.1) is 0 Å². The molecule has 0 fully saturated rings. The molecule has 0 aromatic heterocycles. The second kappa shape index (κ2) is 6.65. The van der Waals surface area contributed by atoms with E-state index in [4.69, 9.17) is 5.11 Å². The molecule has 0 bridgehead atoms. The second-order valence-corrected chi connectivity index (χ2v) is 4.53. The van der Waals surface area contributed by atoms with Gasteiger partial charge < -0.3 is 10.4 Å². The fourth-order valence-corrected chi connectivity index (χ4v) is 1.12. The van der Waals surface area contributed by atoms with Crippen molar-refractivity contribution < 1.29 is 14.1 Å². The molecule has 0 saturated heterocycles. The number of aliphatic carboxylic acids is 1. The Morgan fingerprint density at radius 3 is 2.77 bits per heavy atom. The molecule has 76 valence electrons. The monoisotopic (exact) mass is 205 g/mol. The summed E-state index contributed by atoms with van der Waals surface area (Å²) < 4.78 is 10.9. The fourth-order valence-electron chi connectivity index (χ4n) is 0.666. The molecule has 5 heteroatoms. The van der Waals surface area contributed by atoms with E-state index < -0.39 is 16.8 Å². The van der Waals surface area contributed by atoms with Crippen LogP contribution >= 0.6 is 0 Å². The van der Waals surface area contributed by atoms with Crippen LogP contribution in [0.1, 0.15) is 13.3 Å². The average Bonchev–Trinajstić information content (AvgIpc) is 2.02. The van der Waals surface area contributed by atoms with Crippen LogP contribution in [0.25, 0.3) is 0 Å². The van der Waals surface area contributed by atoms with Gasteiger partial charge in [0, 0.05) is 41.1 Å². The van der Waals surface area contributed by atoms with Crippen LogP contribution in [0.4, 0.5) is 0 Å². The largest absolute Gasteiger partial charge is 0.478 e. The summed E-state index contributed by atoms with van der Waals surface area (Å²) in [7, 11) is -0.805. The Kier molecular flexibility index (Phi) is 6.22. The maximum atomic E-state index is 10.9. The van der Waals surface area contributed by atoms with E-state index in [0.29, 0.717) is 6.54 Å². The lowest BCUT2D eigenvalue weighted by Gasteiger charge is -2.06. The van der Waals surface area contributed by atoms with Gasteiger partial charge in [0.25, 0.3) is 0 Å². The number of carboxylic acid groups (broad SMARTS) is 1. The molecule has 0 radical (unpaired) electrons. The highest BCUT2D eigenvalue weighted by molar-refractivity contribution is 7.84. The van der Waals surface area contributed by atoms with E-state index in [1.54, 1.807) is 6.26 Å². The van der Waals surface area contributed by atoms with Crippen LogP contribution in [-0.4, -0.2) is 33.3 Å². The maximum absolute atomic E-state index is 10.9. The molecule has 0 heterocycles. The van der Waals surface area contributed by atoms with Gasteiger partial charge in [-0.05, 0) is 6.42 Å². The molecule has 0 aliphatic heterocycles. The summed E-state index contributed by atoms with van der Waals surface area (Å²) in [4.78, 5) is 10.0. The number of carbonyl (C=O) groups is 1. The number of nitrogens with one attached hydrogen (secondary N) is 1. The average molecular weight is 205 g/mol. The molecule has 0 saturated carbocycles. The first-order chi connectivity index (χ1) is 6.04. The Morgan fingerprint density at radius 2 is 2.31 bits per heavy atom. The van der Waals surface area contributed by atoms with E-state index in [2.05, 4.69) is 5.32 Å². The number of carboxylic acids is 1. The Hall–Kier alpha value is -0.840. The van der Waals surface area contributed by atoms with Gasteiger partial charge in [0.15, 0.2) is 0 Å². The van der Waals surface area contributed by atoms with Gasteiger partial charge in [-0.2, -0.15) is 0 Å². The van der Waals surface area contributed by atoms with Crippen molar-refractivity contribution in [1.29, 1.82) is 0 Å². The molecule has 0 aromatic rings. The van der Waals surface area contributed by atoms with Gasteiger partial charge in [-0.15, -0.1) is 0 Å². The summed E-state index contributed by atoms with van der Waals surface area (Å²) in [5.41, 5.74) is 0. The first-order valence-electron chi connectivity index (χ1n) is 3.99. The quantitative estimate of drug-likeness (QED) is 0.484.